The third-order valence-electron chi connectivity index (χ3n) is 3.83. The second kappa shape index (κ2) is 5.92. The number of hydrogen-bond donors (Lipinski definition) is 0. The first-order chi connectivity index (χ1) is 10.3. The summed E-state index contributed by atoms with van der Waals surface area (Å²) in [5, 5.41) is 0. The molecule has 106 valence electrons. The van der Waals surface area contributed by atoms with E-state index in [0.717, 1.165) is 42.0 Å². The summed E-state index contributed by atoms with van der Waals surface area (Å²) >= 11 is 0. The average molecular weight is 278 g/mol. The van der Waals surface area contributed by atoms with Crippen LogP contribution in [0.4, 0.5) is 0 Å². The van der Waals surface area contributed by atoms with Crippen LogP contribution in [0.1, 0.15) is 17.9 Å². The van der Waals surface area contributed by atoms with Gasteiger partial charge in [0, 0.05) is 36.2 Å². The molecule has 0 saturated carbocycles. The zero-order valence-corrected chi connectivity index (χ0v) is 12.0. The van der Waals surface area contributed by atoms with E-state index in [4.69, 9.17) is 4.42 Å². The predicted molar refractivity (Wildman–Crippen MR) is 85.3 cm³/mol. The molecular formula is C18H18N2O. The summed E-state index contributed by atoms with van der Waals surface area (Å²) in [6, 6.07) is 10.0. The van der Waals surface area contributed by atoms with E-state index in [2.05, 4.69) is 23.1 Å². The van der Waals surface area contributed by atoms with Gasteiger partial charge in [-0.1, -0.05) is 31.4 Å². The maximum absolute atomic E-state index is 5.92. The van der Waals surface area contributed by atoms with Gasteiger partial charge in [-0.2, -0.15) is 0 Å². The molecular weight excluding hydrogens is 260 g/mol. The van der Waals surface area contributed by atoms with Crippen molar-refractivity contribution in [2.24, 2.45) is 10.9 Å². The van der Waals surface area contributed by atoms with Crippen LogP contribution in [0.5, 0.6) is 0 Å². The highest BCUT2D eigenvalue weighted by atomic mass is 16.4. The van der Waals surface area contributed by atoms with E-state index in [0.29, 0.717) is 11.8 Å². The molecule has 21 heavy (non-hydrogen) atoms. The monoisotopic (exact) mass is 278 g/mol. The molecule has 3 rings (SSSR count). The first-order valence-corrected chi connectivity index (χ1v) is 7.17. The fourth-order valence-corrected chi connectivity index (χ4v) is 2.77. The highest BCUT2D eigenvalue weighted by Gasteiger charge is 2.26. The summed E-state index contributed by atoms with van der Waals surface area (Å²) < 4.78 is 5.92. The standard InChI is InChI=1S/C18H18N2O/c1-3-15(19-4-2)14-10-11-17-16(12-14)20-18(21-17)13-8-6-5-7-9-13/h3-9,14H,1-2,10-12H2. The quantitative estimate of drug-likeness (QED) is 0.785. The number of hydrogen-bond acceptors (Lipinski definition) is 3. The minimum absolute atomic E-state index is 0.349. The fraction of sp³-hybridized carbons (Fsp3) is 0.222. The van der Waals surface area contributed by atoms with Crippen molar-refractivity contribution in [3.63, 3.8) is 0 Å². The summed E-state index contributed by atoms with van der Waals surface area (Å²) in [6.45, 7) is 7.50. The Morgan fingerprint density at radius 3 is 2.81 bits per heavy atom. The first kappa shape index (κ1) is 13.6. The molecule has 1 heterocycles. The number of benzene rings is 1. The molecule has 0 spiro atoms. The molecule has 2 aromatic rings. The van der Waals surface area contributed by atoms with Crippen LogP contribution in [0.15, 0.2) is 65.2 Å². The molecule has 0 aliphatic heterocycles. The van der Waals surface area contributed by atoms with E-state index < -0.39 is 0 Å². The van der Waals surface area contributed by atoms with Gasteiger partial charge in [-0.25, -0.2) is 4.98 Å². The van der Waals surface area contributed by atoms with Gasteiger partial charge in [0.2, 0.25) is 5.89 Å². The molecule has 1 aliphatic rings. The molecule has 3 heteroatoms. The Labute approximate surface area is 124 Å². The van der Waals surface area contributed by atoms with Gasteiger partial charge in [-0.05, 0) is 24.6 Å². The van der Waals surface area contributed by atoms with Crippen LogP contribution < -0.4 is 0 Å². The second-order valence-electron chi connectivity index (χ2n) is 5.14. The maximum atomic E-state index is 5.92. The van der Waals surface area contributed by atoms with Gasteiger partial charge in [-0.3, -0.25) is 4.99 Å². The summed E-state index contributed by atoms with van der Waals surface area (Å²) in [6.07, 6.45) is 6.14. The van der Waals surface area contributed by atoms with Crippen molar-refractivity contribution >= 4 is 5.71 Å². The number of aromatic nitrogens is 1. The lowest BCUT2D eigenvalue weighted by atomic mass is 9.86. The topological polar surface area (TPSA) is 38.4 Å². The van der Waals surface area contributed by atoms with E-state index in [9.17, 15) is 0 Å². The number of fused-ring (bicyclic) bond motifs is 1. The van der Waals surface area contributed by atoms with E-state index in [1.54, 1.807) is 6.20 Å². The largest absolute Gasteiger partial charge is 0.441 e. The Kier molecular flexibility index (Phi) is 3.82. The van der Waals surface area contributed by atoms with Crippen molar-refractivity contribution in [1.82, 2.24) is 4.98 Å². The summed E-state index contributed by atoms with van der Waals surface area (Å²) in [7, 11) is 0. The zero-order valence-electron chi connectivity index (χ0n) is 12.0. The van der Waals surface area contributed by atoms with Gasteiger partial charge >= 0.3 is 0 Å². The van der Waals surface area contributed by atoms with Crippen LogP contribution >= 0.6 is 0 Å². The summed E-state index contributed by atoms with van der Waals surface area (Å²) in [5.41, 5.74) is 3.05. The predicted octanol–water partition coefficient (Wildman–Crippen LogP) is 4.22. The molecule has 0 amide bonds. The lowest BCUT2D eigenvalue weighted by Crippen LogP contribution is -2.20. The van der Waals surface area contributed by atoms with Crippen molar-refractivity contribution in [2.45, 2.75) is 19.3 Å². The molecule has 0 fully saturated rings. The van der Waals surface area contributed by atoms with E-state index in [1.165, 1.54) is 0 Å². The van der Waals surface area contributed by atoms with Gasteiger partial charge in [0.1, 0.15) is 5.76 Å². The van der Waals surface area contributed by atoms with Crippen molar-refractivity contribution in [3.8, 4) is 11.5 Å². The average Bonchev–Trinajstić information content (AvgIpc) is 2.96. The highest BCUT2D eigenvalue weighted by Crippen LogP contribution is 2.30. The van der Waals surface area contributed by atoms with Crippen molar-refractivity contribution in [1.29, 1.82) is 0 Å². The van der Waals surface area contributed by atoms with E-state index >= 15 is 0 Å². The number of nitrogens with zero attached hydrogens (tertiary/aromatic N) is 2. The number of aryl methyl sites for hydroxylation is 1. The molecule has 1 atom stereocenters. The van der Waals surface area contributed by atoms with Crippen LogP contribution in [0, 0.1) is 5.92 Å². The van der Waals surface area contributed by atoms with Crippen LogP contribution in [0.3, 0.4) is 0 Å². The molecule has 1 unspecified atom stereocenters. The summed E-state index contributed by atoms with van der Waals surface area (Å²) in [5.74, 6) is 2.07. The van der Waals surface area contributed by atoms with Crippen molar-refractivity contribution in [2.75, 3.05) is 0 Å². The van der Waals surface area contributed by atoms with Gasteiger partial charge < -0.3 is 4.42 Å². The Morgan fingerprint density at radius 2 is 2.10 bits per heavy atom. The normalized spacial score (nSPS) is 18.1. The third kappa shape index (κ3) is 2.72. The van der Waals surface area contributed by atoms with E-state index in [-0.39, 0.29) is 0 Å². The van der Waals surface area contributed by atoms with Crippen molar-refractivity contribution < 1.29 is 4.42 Å². The molecule has 0 saturated heterocycles. The molecule has 1 aromatic carbocycles. The Balaban J connectivity index is 1.87. The van der Waals surface area contributed by atoms with Crippen LogP contribution in [0.25, 0.3) is 11.5 Å². The number of aliphatic imine (C=N–C) groups is 1. The van der Waals surface area contributed by atoms with Gasteiger partial charge in [-0.15, -0.1) is 0 Å². The lowest BCUT2D eigenvalue weighted by Gasteiger charge is -2.19. The molecule has 1 aliphatic carbocycles. The molecule has 3 nitrogen and oxygen atoms in total. The van der Waals surface area contributed by atoms with Gasteiger partial charge in [0.05, 0.1) is 5.69 Å². The SMILES string of the molecule is C=CN=C(C=C)C1CCc2oc(-c3ccccc3)nc2C1. The van der Waals surface area contributed by atoms with Gasteiger partial charge in [0.15, 0.2) is 0 Å². The van der Waals surface area contributed by atoms with Crippen LogP contribution in [-0.2, 0) is 12.8 Å². The lowest BCUT2D eigenvalue weighted by molar-refractivity contribution is 0.464. The third-order valence-corrected chi connectivity index (χ3v) is 3.83. The maximum Gasteiger partial charge on any atom is 0.226 e. The fourth-order valence-electron chi connectivity index (χ4n) is 2.77. The molecule has 0 radical (unpaired) electrons. The number of allylic oxidation sites excluding steroid dienone is 1. The smallest absolute Gasteiger partial charge is 0.226 e. The number of oxazole rings is 1. The Hall–Kier alpha value is -2.42. The minimum atomic E-state index is 0.349. The Morgan fingerprint density at radius 1 is 1.29 bits per heavy atom. The molecule has 1 aromatic heterocycles. The second-order valence-corrected chi connectivity index (χ2v) is 5.14. The van der Waals surface area contributed by atoms with Crippen LogP contribution in [-0.4, -0.2) is 10.7 Å². The van der Waals surface area contributed by atoms with Crippen molar-refractivity contribution in [3.05, 3.63) is 67.2 Å². The van der Waals surface area contributed by atoms with Gasteiger partial charge in [0.25, 0.3) is 0 Å². The first-order valence-electron chi connectivity index (χ1n) is 7.17. The molecule has 0 bridgehead atoms. The minimum Gasteiger partial charge on any atom is -0.441 e. The number of rotatable bonds is 4. The summed E-state index contributed by atoms with van der Waals surface area (Å²) in [4.78, 5) is 8.97. The zero-order chi connectivity index (χ0) is 14.7. The molecule has 0 N–H and O–H groups in total. The Bertz CT molecular complexity index is 682. The highest BCUT2D eigenvalue weighted by molar-refractivity contribution is 5.97. The van der Waals surface area contributed by atoms with E-state index in [1.807, 2.05) is 36.4 Å². The van der Waals surface area contributed by atoms with Crippen LogP contribution in [0.2, 0.25) is 0 Å².